The van der Waals surface area contributed by atoms with Crippen molar-refractivity contribution < 1.29 is 8.83 Å². The molecule has 2 aromatic heterocycles. The van der Waals surface area contributed by atoms with Crippen LogP contribution in [-0.2, 0) is 10.8 Å². The van der Waals surface area contributed by atoms with Gasteiger partial charge in [-0.05, 0) is 127 Å². The Morgan fingerprint density at radius 3 is 1.14 bits per heavy atom. The monoisotopic (exact) mass is 981 g/mol. The molecule has 0 aliphatic carbocycles. The van der Waals surface area contributed by atoms with Crippen LogP contribution in [-0.4, -0.2) is 0 Å². The summed E-state index contributed by atoms with van der Waals surface area (Å²) in [7, 11) is 0. The van der Waals surface area contributed by atoms with Crippen LogP contribution in [0.25, 0.3) is 87.7 Å². The van der Waals surface area contributed by atoms with E-state index in [1.54, 1.807) is 0 Å². The Balaban J connectivity index is 0.948. The lowest BCUT2D eigenvalue weighted by Gasteiger charge is -2.33. The van der Waals surface area contributed by atoms with E-state index in [4.69, 9.17) is 8.83 Å². The van der Waals surface area contributed by atoms with Crippen molar-refractivity contribution in [1.82, 2.24) is 0 Å². The van der Waals surface area contributed by atoms with E-state index in [0.717, 1.165) is 99.5 Å². The lowest BCUT2D eigenvalue weighted by Crippen LogP contribution is -2.19. The molecule has 0 bridgehead atoms. The van der Waals surface area contributed by atoms with Gasteiger partial charge in [0.1, 0.15) is 28.4 Å². The average Bonchev–Trinajstić information content (AvgIpc) is 4.03. The van der Waals surface area contributed by atoms with E-state index in [0.29, 0.717) is 27.9 Å². The van der Waals surface area contributed by atoms with Gasteiger partial charge in [0.15, 0.2) is 0 Å². The van der Waals surface area contributed by atoms with Crippen LogP contribution in [0.3, 0.4) is 0 Å². The van der Waals surface area contributed by atoms with Crippen molar-refractivity contribution in [2.24, 2.45) is 0 Å². The first-order valence-corrected chi connectivity index (χ1v) is 26.1. The lowest BCUT2D eigenvalue weighted by molar-refractivity contribution is 0.590. The Bertz CT molecular complexity index is 4170. The number of nitriles is 1. The van der Waals surface area contributed by atoms with Gasteiger partial charge < -0.3 is 18.6 Å². The van der Waals surface area contributed by atoms with Crippen LogP contribution >= 0.6 is 0 Å². The summed E-state index contributed by atoms with van der Waals surface area (Å²) >= 11 is 0. The minimum atomic E-state index is -0.120. The first-order valence-electron chi connectivity index (χ1n) is 26.1. The Morgan fingerprint density at radius 2 is 0.737 bits per heavy atom. The Morgan fingerprint density at radius 1 is 0.355 bits per heavy atom. The molecule has 366 valence electrons. The lowest BCUT2D eigenvalue weighted by atomic mass is 9.85. The second kappa shape index (κ2) is 17.9. The number of nitrogens with zero attached hydrogens (tertiary/aromatic N) is 3. The summed E-state index contributed by atoms with van der Waals surface area (Å²) in [5.41, 5.74) is 16.5. The zero-order valence-electron chi connectivity index (χ0n) is 43.5. The number of fused-ring (bicyclic) bond motifs is 8. The van der Waals surface area contributed by atoms with Crippen molar-refractivity contribution in [2.45, 2.75) is 52.4 Å². The van der Waals surface area contributed by atoms with E-state index >= 15 is 0 Å². The van der Waals surface area contributed by atoms with Crippen molar-refractivity contribution in [3.05, 3.63) is 241 Å². The molecule has 13 rings (SSSR count). The quantitative estimate of drug-likeness (QED) is 0.152. The summed E-state index contributed by atoms with van der Waals surface area (Å²) < 4.78 is 13.5. The molecule has 0 atom stereocenters. The molecule has 0 unspecified atom stereocenters. The van der Waals surface area contributed by atoms with E-state index in [1.165, 1.54) is 11.1 Å². The fourth-order valence-electron chi connectivity index (χ4n) is 11.5. The maximum absolute atomic E-state index is 11.2. The predicted octanol–water partition coefficient (Wildman–Crippen LogP) is 20.5. The van der Waals surface area contributed by atoms with Crippen LogP contribution < -0.4 is 9.80 Å². The third-order valence-electron chi connectivity index (χ3n) is 15.1. The predicted molar refractivity (Wildman–Crippen MR) is 318 cm³/mol. The van der Waals surface area contributed by atoms with E-state index in [2.05, 4.69) is 276 Å². The van der Waals surface area contributed by atoms with Gasteiger partial charge >= 0.3 is 0 Å². The maximum Gasteiger partial charge on any atom is 0.140 e. The van der Waals surface area contributed by atoms with Crippen molar-refractivity contribution in [3.8, 4) is 28.3 Å². The zero-order valence-corrected chi connectivity index (χ0v) is 43.5. The summed E-state index contributed by atoms with van der Waals surface area (Å²) in [6.45, 7) is 13.6. The molecule has 76 heavy (non-hydrogen) atoms. The molecule has 0 fully saturated rings. The van der Waals surface area contributed by atoms with E-state index < -0.39 is 0 Å². The molecular weight excluding hydrogens is 927 g/mol. The first kappa shape index (κ1) is 46.4. The molecule has 11 aromatic carbocycles. The molecule has 0 saturated heterocycles. The van der Waals surface area contributed by atoms with Crippen LogP contribution in [0, 0.1) is 11.3 Å². The zero-order chi connectivity index (χ0) is 51.9. The fraction of sp³-hybridized carbons (Fsp3) is 0.113. The summed E-state index contributed by atoms with van der Waals surface area (Å²) in [5, 5.41) is 18.7. The fourth-order valence-corrected chi connectivity index (χ4v) is 11.5. The highest BCUT2D eigenvalue weighted by molar-refractivity contribution is 6.22. The number of furan rings is 2. The maximum atomic E-state index is 11.2. The Kier molecular flexibility index (Phi) is 11.0. The number of rotatable bonds is 8. The summed E-state index contributed by atoms with van der Waals surface area (Å²) in [6, 6.07) is 82.5. The molecular formula is C71H55N3O2. The number of hydrogen-bond acceptors (Lipinski definition) is 5. The van der Waals surface area contributed by atoms with Gasteiger partial charge in [-0.1, -0.05) is 187 Å². The van der Waals surface area contributed by atoms with Gasteiger partial charge in [0, 0.05) is 61.5 Å². The van der Waals surface area contributed by atoms with Gasteiger partial charge in [-0.2, -0.15) is 5.26 Å². The standard InChI is InChI=1S/C71H55N3O2/c1-70(2,3)58-27-15-19-31-62(58)73(60-29-17-13-25-53(60)45-21-9-7-10-22-45)51-35-33-47-39-55-64(41-49(47)37-51)75-66-43-67-69(57(44-72)68(55)66)56-40-48-34-36-52(38-50(48)42-65(56)76-67)74(63-32-20-16-28-59(63)71(4,5)6)61-30-18-14-26-54(61)46-23-11-8-12-24-46/h7-43H,1-6H3. The number of hydrogen-bond donors (Lipinski definition) is 0. The number of benzene rings is 11. The van der Waals surface area contributed by atoms with Gasteiger partial charge in [0.05, 0.1) is 16.9 Å². The van der Waals surface area contributed by atoms with Crippen molar-refractivity contribution in [1.29, 1.82) is 5.26 Å². The Hall–Kier alpha value is -9.37. The molecule has 2 heterocycles. The molecule has 5 nitrogen and oxygen atoms in total. The molecule has 0 aliphatic heterocycles. The van der Waals surface area contributed by atoms with Crippen LogP contribution in [0.5, 0.6) is 0 Å². The molecule has 0 spiro atoms. The molecule has 0 N–H and O–H groups in total. The topological polar surface area (TPSA) is 56.6 Å². The highest BCUT2D eigenvalue weighted by atomic mass is 16.3. The largest absolute Gasteiger partial charge is 0.456 e. The number of anilines is 6. The minimum absolute atomic E-state index is 0.120. The summed E-state index contributed by atoms with van der Waals surface area (Å²) in [4.78, 5) is 4.80. The highest BCUT2D eigenvalue weighted by Gasteiger charge is 2.28. The second-order valence-electron chi connectivity index (χ2n) is 22.0. The molecule has 0 amide bonds. The highest BCUT2D eigenvalue weighted by Crippen LogP contribution is 2.49. The smallest absolute Gasteiger partial charge is 0.140 e. The van der Waals surface area contributed by atoms with Crippen LogP contribution in [0.4, 0.5) is 34.1 Å². The Labute approximate surface area is 443 Å². The third kappa shape index (κ3) is 7.85. The van der Waals surface area contributed by atoms with E-state index in [1.807, 2.05) is 6.07 Å². The third-order valence-corrected chi connectivity index (χ3v) is 15.1. The van der Waals surface area contributed by atoms with Crippen LogP contribution in [0.1, 0.15) is 58.2 Å². The molecule has 13 aromatic rings. The van der Waals surface area contributed by atoms with E-state index in [9.17, 15) is 5.26 Å². The van der Waals surface area contributed by atoms with Crippen LogP contribution in [0.15, 0.2) is 233 Å². The first-order chi connectivity index (χ1) is 36.9. The summed E-state index contributed by atoms with van der Waals surface area (Å²) in [6.07, 6.45) is 0. The van der Waals surface area contributed by atoms with Gasteiger partial charge in [-0.3, -0.25) is 0 Å². The second-order valence-corrected chi connectivity index (χ2v) is 22.0. The van der Waals surface area contributed by atoms with E-state index in [-0.39, 0.29) is 10.8 Å². The van der Waals surface area contributed by atoms with Crippen LogP contribution in [0.2, 0.25) is 0 Å². The average molecular weight is 982 g/mol. The summed E-state index contributed by atoms with van der Waals surface area (Å²) in [5.74, 6) is 0. The van der Waals surface area contributed by atoms with Gasteiger partial charge in [-0.15, -0.1) is 0 Å². The molecule has 5 heteroatoms. The SMILES string of the molecule is CC(C)(C)c1ccccc1N(c1ccc2cc3c(cc2c1)oc1cc2oc4cc5cc(N(c6ccccc6-c6ccccc6)c6ccccc6C(C)(C)C)ccc5cc4c2c(C#N)c13)c1ccccc1-c1ccccc1. The van der Waals surface area contributed by atoms with Gasteiger partial charge in [-0.25, -0.2) is 0 Å². The van der Waals surface area contributed by atoms with Crippen molar-refractivity contribution >= 4 is 99.5 Å². The number of para-hydroxylation sites is 4. The minimum Gasteiger partial charge on any atom is -0.456 e. The van der Waals surface area contributed by atoms with Crippen molar-refractivity contribution in [3.63, 3.8) is 0 Å². The van der Waals surface area contributed by atoms with Gasteiger partial charge in [0.25, 0.3) is 0 Å². The van der Waals surface area contributed by atoms with Crippen molar-refractivity contribution in [2.75, 3.05) is 9.80 Å². The van der Waals surface area contributed by atoms with Gasteiger partial charge in [0.2, 0.25) is 0 Å². The molecule has 0 radical (unpaired) electrons. The normalized spacial score (nSPS) is 12.1. The molecule has 0 saturated carbocycles. The molecule has 0 aliphatic rings.